The van der Waals surface area contributed by atoms with Crippen LogP contribution in [0.4, 0.5) is 5.69 Å². The van der Waals surface area contributed by atoms with Gasteiger partial charge in [0.1, 0.15) is 5.69 Å². The molecule has 1 heterocycles. The number of methoxy groups -OCH3 is 2. The highest BCUT2D eigenvalue weighted by Gasteiger charge is 2.19. The van der Waals surface area contributed by atoms with Crippen molar-refractivity contribution in [3.05, 3.63) is 35.7 Å². The summed E-state index contributed by atoms with van der Waals surface area (Å²) < 4.78 is 16.5. The average molecular weight is 333 g/mol. The lowest BCUT2D eigenvalue weighted by atomic mass is 10.2. The monoisotopic (exact) mass is 333 g/mol. The van der Waals surface area contributed by atoms with Gasteiger partial charge in [-0.15, -0.1) is 0 Å². The molecular weight excluding hydrogens is 314 g/mol. The van der Waals surface area contributed by atoms with Gasteiger partial charge in [0.25, 0.3) is 5.91 Å². The molecule has 128 valence electrons. The molecule has 24 heavy (non-hydrogen) atoms. The molecule has 0 aliphatic carbocycles. The van der Waals surface area contributed by atoms with Crippen molar-refractivity contribution in [2.24, 2.45) is 7.05 Å². The molecule has 0 spiro atoms. The second-order valence-electron chi connectivity index (χ2n) is 4.78. The summed E-state index contributed by atoms with van der Waals surface area (Å²) in [5.74, 6) is 0.0687. The van der Waals surface area contributed by atoms with E-state index in [-0.39, 0.29) is 18.0 Å². The molecule has 0 atom stereocenters. The second kappa shape index (κ2) is 7.49. The summed E-state index contributed by atoms with van der Waals surface area (Å²) in [6.45, 7) is 1.94. The molecule has 0 unspecified atom stereocenters. The third-order valence-corrected chi connectivity index (χ3v) is 3.24. The molecule has 1 aromatic carbocycles. The number of amides is 1. The van der Waals surface area contributed by atoms with Crippen LogP contribution in [0.5, 0.6) is 11.5 Å². The number of carbonyl (C=O) groups is 2. The number of aryl methyl sites for hydroxylation is 1. The van der Waals surface area contributed by atoms with Gasteiger partial charge in [-0.2, -0.15) is 5.10 Å². The summed E-state index contributed by atoms with van der Waals surface area (Å²) in [5.41, 5.74) is 0.834. The molecule has 1 aromatic heterocycles. The highest BCUT2D eigenvalue weighted by atomic mass is 16.5. The first kappa shape index (κ1) is 17.3. The second-order valence-corrected chi connectivity index (χ2v) is 4.78. The predicted molar refractivity (Wildman–Crippen MR) is 86.7 cm³/mol. The van der Waals surface area contributed by atoms with Gasteiger partial charge in [0, 0.05) is 24.9 Å². The third kappa shape index (κ3) is 3.65. The van der Waals surface area contributed by atoms with Crippen LogP contribution < -0.4 is 14.8 Å². The van der Waals surface area contributed by atoms with Crippen LogP contribution in [0.15, 0.2) is 24.3 Å². The Balaban J connectivity index is 2.19. The maximum absolute atomic E-state index is 12.4. The van der Waals surface area contributed by atoms with E-state index < -0.39 is 11.9 Å². The fraction of sp³-hybridized carbons (Fsp3) is 0.312. The van der Waals surface area contributed by atoms with Gasteiger partial charge in [0.05, 0.1) is 20.8 Å². The largest absolute Gasteiger partial charge is 0.493 e. The number of nitrogens with zero attached hydrogens (tertiary/aromatic N) is 2. The first-order valence-corrected chi connectivity index (χ1v) is 7.24. The first-order valence-electron chi connectivity index (χ1n) is 7.24. The van der Waals surface area contributed by atoms with Crippen LogP contribution in [-0.2, 0) is 11.8 Å². The highest BCUT2D eigenvalue weighted by Crippen LogP contribution is 2.29. The van der Waals surface area contributed by atoms with Crippen LogP contribution in [0.3, 0.4) is 0 Å². The van der Waals surface area contributed by atoms with Crippen molar-refractivity contribution < 1.29 is 23.8 Å². The SMILES string of the molecule is CCOC(=O)c1cc(C(=O)Nc2ccc(OC)c(OC)c2)n(C)n1. The molecule has 0 radical (unpaired) electrons. The summed E-state index contributed by atoms with van der Waals surface area (Å²) in [7, 11) is 4.62. The number of aromatic nitrogens is 2. The Bertz CT molecular complexity index is 754. The van der Waals surface area contributed by atoms with Crippen molar-refractivity contribution in [3.8, 4) is 11.5 Å². The number of hydrogen-bond donors (Lipinski definition) is 1. The van der Waals surface area contributed by atoms with Gasteiger partial charge < -0.3 is 19.5 Å². The summed E-state index contributed by atoms with van der Waals surface area (Å²) >= 11 is 0. The number of benzene rings is 1. The number of nitrogens with one attached hydrogen (secondary N) is 1. The smallest absolute Gasteiger partial charge is 0.358 e. The predicted octanol–water partition coefficient (Wildman–Crippen LogP) is 1.87. The summed E-state index contributed by atoms with van der Waals surface area (Å²) in [6.07, 6.45) is 0. The highest BCUT2D eigenvalue weighted by molar-refractivity contribution is 6.04. The van der Waals surface area contributed by atoms with Gasteiger partial charge in [-0.3, -0.25) is 9.48 Å². The number of carbonyl (C=O) groups excluding carboxylic acids is 2. The Morgan fingerprint density at radius 2 is 1.88 bits per heavy atom. The molecule has 0 saturated carbocycles. The van der Waals surface area contributed by atoms with Crippen LogP contribution in [0.2, 0.25) is 0 Å². The van der Waals surface area contributed by atoms with E-state index in [0.29, 0.717) is 17.2 Å². The molecule has 2 rings (SSSR count). The summed E-state index contributed by atoms with van der Waals surface area (Å²) in [6, 6.07) is 6.39. The van der Waals surface area contributed by atoms with Gasteiger partial charge in [-0.05, 0) is 19.1 Å². The first-order chi connectivity index (χ1) is 11.5. The van der Waals surface area contributed by atoms with Gasteiger partial charge in [0.2, 0.25) is 0 Å². The van der Waals surface area contributed by atoms with Crippen LogP contribution in [0, 0.1) is 0 Å². The van der Waals surface area contributed by atoms with Gasteiger partial charge in [0.15, 0.2) is 17.2 Å². The zero-order chi connectivity index (χ0) is 17.7. The van der Waals surface area contributed by atoms with E-state index in [9.17, 15) is 9.59 Å². The van der Waals surface area contributed by atoms with Crippen molar-refractivity contribution in [1.29, 1.82) is 0 Å². The molecular formula is C16H19N3O5. The lowest BCUT2D eigenvalue weighted by Crippen LogP contribution is -2.16. The van der Waals surface area contributed by atoms with E-state index in [4.69, 9.17) is 14.2 Å². The fourth-order valence-electron chi connectivity index (χ4n) is 2.09. The zero-order valence-corrected chi connectivity index (χ0v) is 14.0. The molecule has 0 aliphatic heterocycles. The number of rotatable bonds is 6. The van der Waals surface area contributed by atoms with E-state index in [2.05, 4.69) is 10.4 Å². The van der Waals surface area contributed by atoms with E-state index in [1.807, 2.05) is 0 Å². The van der Waals surface area contributed by atoms with Crippen molar-refractivity contribution in [1.82, 2.24) is 9.78 Å². The Hall–Kier alpha value is -3.03. The number of esters is 1. The number of ether oxygens (including phenoxy) is 3. The molecule has 8 nitrogen and oxygen atoms in total. The molecule has 0 aliphatic rings. The average Bonchev–Trinajstić information content (AvgIpc) is 2.97. The molecule has 0 bridgehead atoms. The fourth-order valence-corrected chi connectivity index (χ4v) is 2.09. The quantitative estimate of drug-likeness (QED) is 0.811. The lowest BCUT2D eigenvalue weighted by Gasteiger charge is -2.10. The minimum atomic E-state index is -0.571. The molecule has 8 heteroatoms. The van der Waals surface area contributed by atoms with Crippen LogP contribution in [-0.4, -0.2) is 42.5 Å². The van der Waals surface area contributed by atoms with Crippen molar-refractivity contribution in [2.45, 2.75) is 6.92 Å². The van der Waals surface area contributed by atoms with Crippen LogP contribution >= 0.6 is 0 Å². The normalized spacial score (nSPS) is 10.2. The topological polar surface area (TPSA) is 91.7 Å². The van der Waals surface area contributed by atoms with E-state index in [1.54, 1.807) is 32.2 Å². The summed E-state index contributed by atoms with van der Waals surface area (Å²) in [4.78, 5) is 24.1. The Labute approximate surface area is 139 Å². The number of anilines is 1. The minimum Gasteiger partial charge on any atom is -0.493 e. The van der Waals surface area contributed by atoms with Gasteiger partial charge >= 0.3 is 5.97 Å². The minimum absolute atomic E-state index is 0.0804. The Morgan fingerprint density at radius 1 is 1.17 bits per heavy atom. The number of hydrogen-bond acceptors (Lipinski definition) is 6. The van der Waals surface area contributed by atoms with E-state index >= 15 is 0 Å². The standard InChI is InChI=1S/C16H19N3O5/c1-5-24-16(21)11-9-12(19(2)18-11)15(20)17-10-6-7-13(22-3)14(8-10)23-4/h6-9H,5H2,1-4H3,(H,17,20). The van der Waals surface area contributed by atoms with Gasteiger partial charge in [-0.25, -0.2) is 4.79 Å². The zero-order valence-electron chi connectivity index (χ0n) is 14.0. The van der Waals surface area contributed by atoms with Crippen LogP contribution in [0.1, 0.15) is 27.9 Å². The molecule has 0 fully saturated rings. The summed E-state index contributed by atoms with van der Waals surface area (Å²) in [5, 5.41) is 6.71. The maximum atomic E-state index is 12.4. The third-order valence-electron chi connectivity index (χ3n) is 3.24. The van der Waals surface area contributed by atoms with Crippen LogP contribution in [0.25, 0.3) is 0 Å². The van der Waals surface area contributed by atoms with Crippen molar-refractivity contribution in [2.75, 3.05) is 26.1 Å². The lowest BCUT2D eigenvalue weighted by molar-refractivity contribution is 0.0518. The van der Waals surface area contributed by atoms with Crippen molar-refractivity contribution >= 4 is 17.6 Å². The molecule has 1 N–H and O–H groups in total. The van der Waals surface area contributed by atoms with E-state index in [1.165, 1.54) is 25.0 Å². The Morgan fingerprint density at radius 3 is 2.50 bits per heavy atom. The molecule has 1 amide bonds. The maximum Gasteiger partial charge on any atom is 0.358 e. The van der Waals surface area contributed by atoms with Crippen molar-refractivity contribution in [3.63, 3.8) is 0 Å². The Kier molecular flexibility index (Phi) is 5.41. The molecule has 2 aromatic rings. The van der Waals surface area contributed by atoms with Gasteiger partial charge in [-0.1, -0.05) is 0 Å². The molecule has 0 saturated heterocycles. The van der Waals surface area contributed by atoms with E-state index in [0.717, 1.165) is 0 Å².